The second-order valence-electron chi connectivity index (χ2n) is 6.94. The molecule has 0 saturated heterocycles. The lowest BCUT2D eigenvalue weighted by Gasteiger charge is -2.14. The van der Waals surface area contributed by atoms with Crippen molar-refractivity contribution >= 4 is 46.0 Å². The van der Waals surface area contributed by atoms with Crippen LogP contribution in [-0.2, 0) is 4.79 Å². The maximum atomic E-state index is 14.6. The van der Waals surface area contributed by atoms with Crippen molar-refractivity contribution < 1.29 is 9.18 Å². The average molecular weight is 478 g/mol. The molecule has 0 aliphatic rings. The SMILES string of the molecule is C=CCSc1ccccc1NC(=O)CSc1nc2ccccc2c(=O)n1-c1ccccc1F. The van der Waals surface area contributed by atoms with Gasteiger partial charge in [0.15, 0.2) is 5.16 Å². The van der Waals surface area contributed by atoms with Crippen LogP contribution in [0.5, 0.6) is 0 Å². The van der Waals surface area contributed by atoms with E-state index in [1.165, 1.54) is 16.7 Å². The van der Waals surface area contributed by atoms with Gasteiger partial charge in [-0.2, -0.15) is 0 Å². The fourth-order valence-corrected chi connectivity index (χ4v) is 4.77. The number of carbonyl (C=O) groups excluding carboxylic acids is 1. The number of hydrogen-bond acceptors (Lipinski definition) is 5. The molecule has 8 heteroatoms. The van der Waals surface area contributed by atoms with Crippen LogP contribution in [0.15, 0.2) is 100 Å². The van der Waals surface area contributed by atoms with Gasteiger partial charge in [0, 0.05) is 10.6 Å². The van der Waals surface area contributed by atoms with Gasteiger partial charge in [-0.15, -0.1) is 18.3 Å². The third kappa shape index (κ3) is 5.18. The molecule has 3 aromatic carbocycles. The first-order chi connectivity index (χ1) is 16.1. The summed E-state index contributed by atoms with van der Waals surface area (Å²) in [5, 5.41) is 3.53. The average Bonchev–Trinajstić information content (AvgIpc) is 2.83. The van der Waals surface area contributed by atoms with E-state index in [4.69, 9.17) is 0 Å². The molecule has 5 nitrogen and oxygen atoms in total. The van der Waals surface area contributed by atoms with E-state index in [0.29, 0.717) is 16.6 Å². The van der Waals surface area contributed by atoms with Gasteiger partial charge in [-0.1, -0.05) is 54.2 Å². The van der Waals surface area contributed by atoms with Crippen molar-refractivity contribution in [1.82, 2.24) is 9.55 Å². The highest BCUT2D eigenvalue weighted by Gasteiger charge is 2.17. The van der Waals surface area contributed by atoms with Gasteiger partial charge in [-0.3, -0.25) is 14.2 Å². The third-order valence-corrected chi connectivity index (χ3v) is 6.70. The minimum atomic E-state index is -0.545. The number of anilines is 1. The van der Waals surface area contributed by atoms with Gasteiger partial charge in [-0.25, -0.2) is 9.37 Å². The Morgan fingerprint density at radius 2 is 1.76 bits per heavy atom. The number of nitrogens with zero attached hydrogens (tertiary/aromatic N) is 2. The molecule has 4 aromatic rings. The van der Waals surface area contributed by atoms with Crippen LogP contribution in [0.25, 0.3) is 16.6 Å². The molecule has 0 bridgehead atoms. The standard InChI is InChI=1S/C25H20FN3O2S2/c1-2-15-32-22-14-8-6-12-20(22)27-23(30)16-33-25-28-19-11-5-3-9-17(19)24(31)29(25)21-13-7-4-10-18(21)26/h2-14H,1,15-16H2,(H,27,30). The smallest absolute Gasteiger partial charge is 0.266 e. The Bertz CT molecular complexity index is 1390. The van der Waals surface area contributed by atoms with Crippen LogP contribution >= 0.6 is 23.5 Å². The summed E-state index contributed by atoms with van der Waals surface area (Å²) in [6.07, 6.45) is 1.80. The summed E-state index contributed by atoms with van der Waals surface area (Å²) in [5.74, 6) is -0.0812. The Balaban J connectivity index is 1.63. The Kier molecular flexibility index (Phi) is 7.26. The van der Waals surface area contributed by atoms with Crippen molar-refractivity contribution in [1.29, 1.82) is 0 Å². The Morgan fingerprint density at radius 1 is 1.03 bits per heavy atom. The minimum Gasteiger partial charge on any atom is -0.324 e. The van der Waals surface area contributed by atoms with Gasteiger partial charge in [0.25, 0.3) is 5.56 Å². The molecule has 0 aliphatic heterocycles. The molecule has 0 unspecified atom stereocenters. The fourth-order valence-electron chi connectivity index (χ4n) is 3.22. The number of nitrogens with one attached hydrogen (secondary N) is 1. The van der Waals surface area contributed by atoms with E-state index < -0.39 is 5.82 Å². The summed E-state index contributed by atoms with van der Waals surface area (Å²) in [5.41, 5.74) is 0.895. The summed E-state index contributed by atoms with van der Waals surface area (Å²) in [6, 6.07) is 20.4. The molecule has 1 N–H and O–H groups in total. The Morgan fingerprint density at radius 3 is 2.58 bits per heavy atom. The minimum absolute atomic E-state index is 0.000305. The molecule has 0 saturated carbocycles. The van der Waals surface area contributed by atoms with Crippen molar-refractivity contribution in [2.45, 2.75) is 10.1 Å². The van der Waals surface area contributed by atoms with E-state index in [0.717, 1.165) is 22.4 Å². The summed E-state index contributed by atoms with van der Waals surface area (Å²) in [4.78, 5) is 31.4. The topological polar surface area (TPSA) is 64.0 Å². The van der Waals surface area contributed by atoms with E-state index in [9.17, 15) is 14.0 Å². The van der Waals surface area contributed by atoms with Gasteiger partial charge < -0.3 is 5.32 Å². The zero-order valence-corrected chi connectivity index (χ0v) is 19.2. The van der Waals surface area contributed by atoms with Crippen LogP contribution in [0.3, 0.4) is 0 Å². The number of aromatic nitrogens is 2. The van der Waals surface area contributed by atoms with Gasteiger partial charge in [0.1, 0.15) is 5.82 Å². The maximum Gasteiger partial charge on any atom is 0.266 e. The number of thioether (sulfide) groups is 2. The lowest BCUT2D eigenvalue weighted by Crippen LogP contribution is -2.23. The number of benzene rings is 3. The fraction of sp³-hybridized carbons (Fsp3) is 0.0800. The van der Waals surface area contributed by atoms with Crippen molar-refractivity contribution in [3.8, 4) is 5.69 Å². The van der Waals surface area contributed by atoms with Crippen LogP contribution in [0, 0.1) is 5.82 Å². The highest BCUT2D eigenvalue weighted by molar-refractivity contribution is 8.00. The monoisotopic (exact) mass is 477 g/mol. The highest BCUT2D eigenvalue weighted by Crippen LogP contribution is 2.28. The summed E-state index contributed by atoms with van der Waals surface area (Å²) < 4.78 is 15.8. The van der Waals surface area contributed by atoms with Gasteiger partial charge in [-0.05, 0) is 36.4 Å². The molecule has 0 aliphatic carbocycles. The second kappa shape index (κ2) is 10.5. The molecule has 1 aromatic heterocycles. The number of amides is 1. The molecule has 166 valence electrons. The van der Waals surface area contributed by atoms with Gasteiger partial charge >= 0.3 is 0 Å². The van der Waals surface area contributed by atoms with Crippen molar-refractivity contribution in [2.24, 2.45) is 0 Å². The normalized spacial score (nSPS) is 10.8. The Hall–Kier alpha value is -3.36. The molecule has 0 spiro atoms. The molecular formula is C25H20FN3O2S2. The van der Waals surface area contributed by atoms with Crippen LogP contribution in [0.4, 0.5) is 10.1 Å². The maximum absolute atomic E-state index is 14.6. The summed E-state index contributed by atoms with van der Waals surface area (Å²) >= 11 is 2.65. The number of rotatable bonds is 8. The van der Waals surface area contributed by atoms with Crippen molar-refractivity contribution in [3.63, 3.8) is 0 Å². The zero-order chi connectivity index (χ0) is 23.2. The van der Waals surface area contributed by atoms with E-state index in [1.807, 2.05) is 24.3 Å². The first kappa shape index (κ1) is 22.8. The predicted molar refractivity (Wildman–Crippen MR) is 134 cm³/mol. The molecule has 1 amide bonds. The first-order valence-corrected chi connectivity index (χ1v) is 12.1. The van der Waals surface area contributed by atoms with Crippen LogP contribution in [-0.4, -0.2) is 27.0 Å². The summed E-state index contributed by atoms with van der Waals surface area (Å²) in [7, 11) is 0. The number of halogens is 1. The number of fused-ring (bicyclic) bond motifs is 1. The van der Waals surface area contributed by atoms with Crippen molar-refractivity contribution in [2.75, 3.05) is 16.8 Å². The zero-order valence-electron chi connectivity index (χ0n) is 17.5. The summed E-state index contributed by atoms with van der Waals surface area (Å²) in [6.45, 7) is 3.72. The van der Waals surface area contributed by atoms with Crippen LogP contribution < -0.4 is 10.9 Å². The molecule has 4 rings (SSSR count). The molecule has 0 fully saturated rings. The van der Waals surface area contributed by atoms with Crippen molar-refractivity contribution in [3.05, 3.63) is 102 Å². The highest BCUT2D eigenvalue weighted by atomic mass is 32.2. The second-order valence-corrected chi connectivity index (χ2v) is 8.94. The van der Waals surface area contributed by atoms with E-state index >= 15 is 0 Å². The lowest BCUT2D eigenvalue weighted by atomic mass is 10.2. The quantitative estimate of drug-likeness (QED) is 0.205. The van der Waals surface area contributed by atoms with Crippen LogP contribution in [0.2, 0.25) is 0 Å². The van der Waals surface area contributed by atoms with Crippen LogP contribution in [0.1, 0.15) is 0 Å². The molecule has 33 heavy (non-hydrogen) atoms. The molecule has 0 atom stereocenters. The largest absolute Gasteiger partial charge is 0.324 e. The molecular weight excluding hydrogens is 457 g/mol. The van der Waals surface area contributed by atoms with E-state index in [2.05, 4.69) is 16.9 Å². The number of carbonyl (C=O) groups is 1. The van der Waals surface area contributed by atoms with E-state index in [1.54, 1.807) is 54.2 Å². The molecule has 1 heterocycles. The first-order valence-electron chi connectivity index (χ1n) is 10.1. The van der Waals surface area contributed by atoms with Gasteiger partial charge in [0.2, 0.25) is 5.91 Å². The lowest BCUT2D eigenvalue weighted by molar-refractivity contribution is -0.113. The van der Waals surface area contributed by atoms with E-state index in [-0.39, 0.29) is 28.1 Å². The molecule has 0 radical (unpaired) electrons. The Labute approximate surface area is 198 Å². The van der Waals surface area contributed by atoms with Gasteiger partial charge in [0.05, 0.1) is 28.0 Å². The third-order valence-electron chi connectivity index (χ3n) is 4.69. The predicted octanol–water partition coefficient (Wildman–Crippen LogP) is 5.53. The number of hydrogen-bond donors (Lipinski definition) is 1. The number of para-hydroxylation sites is 3.